The molecule has 0 bridgehead atoms. The lowest BCUT2D eigenvalue weighted by Gasteiger charge is -2.41. The molecule has 0 saturated carbocycles. The maximum atomic E-state index is 12.6. The molecule has 1 fully saturated rings. The van der Waals surface area contributed by atoms with Gasteiger partial charge < -0.3 is 4.90 Å². The molecule has 1 saturated heterocycles. The van der Waals surface area contributed by atoms with Crippen molar-refractivity contribution in [2.75, 3.05) is 20.6 Å². The van der Waals surface area contributed by atoms with Crippen LogP contribution in [0.25, 0.3) is 0 Å². The third-order valence-electron chi connectivity index (χ3n) is 4.14. The summed E-state index contributed by atoms with van der Waals surface area (Å²) < 4.78 is 0. The SMILES string of the molecule is CCC1(CC)C(=O)NC(=O)N(C(C)CCN(C)C)C1=O. The van der Waals surface area contributed by atoms with E-state index in [0.29, 0.717) is 19.3 Å². The van der Waals surface area contributed by atoms with E-state index >= 15 is 0 Å². The molecule has 0 aliphatic carbocycles. The summed E-state index contributed by atoms with van der Waals surface area (Å²) in [5.74, 6) is -0.823. The summed E-state index contributed by atoms with van der Waals surface area (Å²) in [6.07, 6.45) is 1.49. The molecule has 1 aliphatic rings. The summed E-state index contributed by atoms with van der Waals surface area (Å²) in [5, 5.41) is 2.33. The molecule has 20 heavy (non-hydrogen) atoms. The van der Waals surface area contributed by atoms with E-state index in [1.807, 2.05) is 25.9 Å². The first kappa shape index (κ1) is 16.6. The van der Waals surface area contributed by atoms with Gasteiger partial charge in [-0.1, -0.05) is 13.8 Å². The first-order valence-corrected chi connectivity index (χ1v) is 7.14. The van der Waals surface area contributed by atoms with Gasteiger partial charge in [-0.15, -0.1) is 0 Å². The number of urea groups is 1. The average Bonchev–Trinajstić information content (AvgIpc) is 2.37. The van der Waals surface area contributed by atoms with Gasteiger partial charge in [-0.05, 0) is 46.8 Å². The van der Waals surface area contributed by atoms with Crippen LogP contribution in [0, 0.1) is 5.41 Å². The Morgan fingerprint density at radius 3 is 2.20 bits per heavy atom. The molecule has 1 heterocycles. The minimum Gasteiger partial charge on any atom is -0.309 e. The molecule has 1 N–H and O–H groups in total. The highest BCUT2D eigenvalue weighted by atomic mass is 16.2. The van der Waals surface area contributed by atoms with Crippen LogP contribution in [0.3, 0.4) is 0 Å². The number of carbonyl (C=O) groups excluding carboxylic acids is 3. The molecular formula is C14H25N3O3. The number of rotatable bonds is 6. The maximum absolute atomic E-state index is 12.6. The van der Waals surface area contributed by atoms with Gasteiger partial charge in [0.25, 0.3) is 0 Å². The van der Waals surface area contributed by atoms with E-state index in [1.54, 1.807) is 13.8 Å². The summed E-state index contributed by atoms with van der Waals surface area (Å²) in [7, 11) is 3.88. The third-order valence-corrected chi connectivity index (χ3v) is 4.14. The lowest BCUT2D eigenvalue weighted by Crippen LogP contribution is -2.65. The second-order valence-corrected chi connectivity index (χ2v) is 5.66. The van der Waals surface area contributed by atoms with Crippen molar-refractivity contribution in [2.24, 2.45) is 5.41 Å². The summed E-state index contributed by atoms with van der Waals surface area (Å²) >= 11 is 0. The second kappa shape index (κ2) is 6.35. The van der Waals surface area contributed by atoms with Crippen LogP contribution in [0.2, 0.25) is 0 Å². The van der Waals surface area contributed by atoms with E-state index in [-0.39, 0.29) is 11.9 Å². The van der Waals surface area contributed by atoms with Gasteiger partial charge in [0.05, 0.1) is 0 Å². The number of nitrogens with zero attached hydrogens (tertiary/aromatic N) is 2. The van der Waals surface area contributed by atoms with Gasteiger partial charge in [-0.3, -0.25) is 19.8 Å². The van der Waals surface area contributed by atoms with Crippen molar-refractivity contribution < 1.29 is 14.4 Å². The molecule has 6 nitrogen and oxygen atoms in total. The molecule has 0 aromatic heterocycles. The lowest BCUT2D eigenvalue weighted by atomic mass is 9.78. The number of imide groups is 2. The van der Waals surface area contributed by atoms with E-state index < -0.39 is 17.4 Å². The van der Waals surface area contributed by atoms with Crippen molar-refractivity contribution in [1.82, 2.24) is 15.1 Å². The Labute approximate surface area is 120 Å². The standard InChI is InChI=1S/C14H25N3O3/c1-6-14(7-2)11(18)15-13(20)17(12(14)19)10(3)8-9-16(4)5/h10H,6-9H2,1-5H3,(H,15,18,20). The summed E-state index contributed by atoms with van der Waals surface area (Å²) in [6.45, 7) is 6.23. The number of hydrogen-bond donors (Lipinski definition) is 1. The van der Waals surface area contributed by atoms with Gasteiger partial charge in [0.1, 0.15) is 5.41 Å². The van der Waals surface area contributed by atoms with Crippen molar-refractivity contribution in [3.05, 3.63) is 0 Å². The normalized spacial score (nSPS) is 20.3. The second-order valence-electron chi connectivity index (χ2n) is 5.66. The first-order chi connectivity index (χ1) is 9.30. The lowest BCUT2D eigenvalue weighted by molar-refractivity contribution is -0.153. The molecule has 4 amide bonds. The largest absolute Gasteiger partial charge is 0.331 e. The van der Waals surface area contributed by atoms with Crippen LogP contribution in [0.15, 0.2) is 0 Å². The van der Waals surface area contributed by atoms with Crippen LogP contribution in [0.5, 0.6) is 0 Å². The van der Waals surface area contributed by atoms with Crippen LogP contribution in [0.1, 0.15) is 40.0 Å². The van der Waals surface area contributed by atoms with E-state index in [9.17, 15) is 14.4 Å². The highest BCUT2D eigenvalue weighted by molar-refractivity contribution is 6.19. The van der Waals surface area contributed by atoms with Crippen LogP contribution >= 0.6 is 0 Å². The van der Waals surface area contributed by atoms with E-state index in [2.05, 4.69) is 5.32 Å². The van der Waals surface area contributed by atoms with Crippen molar-refractivity contribution in [3.8, 4) is 0 Å². The Kier molecular flexibility index (Phi) is 5.28. The Hall–Kier alpha value is -1.43. The third kappa shape index (κ3) is 2.85. The summed E-state index contributed by atoms with van der Waals surface area (Å²) in [5.41, 5.74) is -1.10. The van der Waals surface area contributed by atoms with Crippen molar-refractivity contribution in [2.45, 2.75) is 46.1 Å². The average molecular weight is 283 g/mol. The number of barbiturate groups is 1. The molecule has 1 aliphatic heterocycles. The monoisotopic (exact) mass is 283 g/mol. The molecule has 6 heteroatoms. The van der Waals surface area contributed by atoms with Crippen LogP contribution < -0.4 is 5.32 Å². The Bertz CT molecular complexity index is 402. The number of amides is 4. The predicted octanol–water partition coefficient (Wildman–Crippen LogP) is 1.21. The minimum absolute atomic E-state index is 0.226. The first-order valence-electron chi connectivity index (χ1n) is 7.14. The van der Waals surface area contributed by atoms with Gasteiger partial charge >= 0.3 is 6.03 Å². The topological polar surface area (TPSA) is 69.7 Å². The Balaban J connectivity index is 2.98. The fraction of sp³-hybridized carbons (Fsp3) is 0.786. The zero-order valence-corrected chi connectivity index (χ0v) is 13.0. The van der Waals surface area contributed by atoms with Gasteiger partial charge in [-0.2, -0.15) is 0 Å². The van der Waals surface area contributed by atoms with Crippen molar-refractivity contribution >= 4 is 17.8 Å². The van der Waals surface area contributed by atoms with Gasteiger partial charge in [0.15, 0.2) is 0 Å². The molecule has 0 aromatic carbocycles. The van der Waals surface area contributed by atoms with Crippen molar-refractivity contribution in [1.29, 1.82) is 0 Å². The predicted molar refractivity (Wildman–Crippen MR) is 76.0 cm³/mol. The molecular weight excluding hydrogens is 258 g/mol. The van der Waals surface area contributed by atoms with E-state index in [4.69, 9.17) is 0 Å². The zero-order chi connectivity index (χ0) is 15.5. The fourth-order valence-electron chi connectivity index (χ4n) is 2.54. The molecule has 0 aromatic rings. The van der Waals surface area contributed by atoms with Crippen LogP contribution in [-0.2, 0) is 9.59 Å². The number of carbonyl (C=O) groups is 3. The fourth-order valence-corrected chi connectivity index (χ4v) is 2.54. The van der Waals surface area contributed by atoms with Gasteiger partial charge in [0, 0.05) is 6.04 Å². The number of nitrogens with one attached hydrogen (secondary N) is 1. The van der Waals surface area contributed by atoms with Gasteiger partial charge in [0.2, 0.25) is 11.8 Å². The highest BCUT2D eigenvalue weighted by Crippen LogP contribution is 2.33. The van der Waals surface area contributed by atoms with Crippen molar-refractivity contribution in [3.63, 3.8) is 0 Å². The number of hydrogen-bond acceptors (Lipinski definition) is 4. The molecule has 1 unspecified atom stereocenters. The molecule has 1 atom stereocenters. The molecule has 0 radical (unpaired) electrons. The van der Waals surface area contributed by atoms with Crippen LogP contribution in [-0.4, -0.2) is 54.3 Å². The molecule has 1 rings (SSSR count). The Morgan fingerprint density at radius 1 is 1.20 bits per heavy atom. The zero-order valence-electron chi connectivity index (χ0n) is 13.0. The quantitative estimate of drug-likeness (QED) is 0.744. The van der Waals surface area contributed by atoms with Crippen LogP contribution in [0.4, 0.5) is 4.79 Å². The smallest absolute Gasteiger partial charge is 0.309 e. The summed E-state index contributed by atoms with van der Waals surface area (Å²) in [4.78, 5) is 39.9. The van der Waals surface area contributed by atoms with Gasteiger partial charge in [-0.25, -0.2) is 4.79 Å². The van der Waals surface area contributed by atoms with E-state index in [0.717, 1.165) is 6.54 Å². The molecule has 0 spiro atoms. The van der Waals surface area contributed by atoms with E-state index in [1.165, 1.54) is 4.90 Å². The molecule has 114 valence electrons. The highest BCUT2D eigenvalue weighted by Gasteiger charge is 2.52. The maximum Gasteiger partial charge on any atom is 0.331 e. The summed E-state index contributed by atoms with van der Waals surface area (Å²) in [6, 6.07) is -0.820. The Morgan fingerprint density at radius 2 is 1.75 bits per heavy atom. The minimum atomic E-state index is -1.10.